The van der Waals surface area contributed by atoms with E-state index in [1.54, 1.807) is 17.0 Å². The summed E-state index contributed by atoms with van der Waals surface area (Å²) in [6, 6.07) is 9.14. The summed E-state index contributed by atoms with van der Waals surface area (Å²) in [5, 5.41) is 2.82. The van der Waals surface area contributed by atoms with Crippen molar-refractivity contribution >= 4 is 33.6 Å². The number of para-hydroxylation sites is 1. The maximum Gasteiger partial charge on any atom is 0.407 e. The summed E-state index contributed by atoms with van der Waals surface area (Å²) in [5.74, 6) is 0.151. The molecule has 0 saturated carbocycles. The van der Waals surface area contributed by atoms with Gasteiger partial charge in [0.15, 0.2) is 5.75 Å². The number of benzene rings is 2. The molecule has 2 atom stereocenters. The fourth-order valence-corrected chi connectivity index (χ4v) is 3.95. The minimum atomic E-state index is -0.572. The van der Waals surface area contributed by atoms with Gasteiger partial charge >= 0.3 is 6.09 Å². The van der Waals surface area contributed by atoms with Crippen LogP contribution in [0.4, 0.5) is 14.9 Å². The predicted octanol–water partition coefficient (Wildman–Crippen LogP) is 4.29. The van der Waals surface area contributed by atoms with Gasteiger partial charge < -0.3 is 14.8 Å². The van der Waals surface area contributed by atoms with Crippen LogP contribution in [-0.4, -0.2) is 25.2 Å². The van der Waals surface area contributed by atoms with E-state index in [9.17, 15) is 14.0 Å². The number of ether oxygens (including phenoxy) is 2. The van der Waals surface area contributed by atoms with Gasteiger partial charge in [0.2, 0.25) is 5.91 Å². The summed E-state index contributed by atoms with van der Waals surface area (Å²) >= 11 is 3.18. The van der Waals surface area contributed by atoms with Crippen LogP contribution in [0, 0.1) is 5.82 Å². The molecule has 0 aliphatic carbocycles. The van der Waals surface area contributed by atoms with E-state index < -0.39 is 18.0 Å². The molecule has 2 heterocycles. The summed E-state index contributed by atoms with van der Waals surface area (Å²) < 4.78 is 25.1. The van der Waals surface area contributed by atoms with Crippen LogP contribution >= 0.6 is 15.9 Å². The molecule has 4 rings (SSSR count). The first-order valence-corrected chi connectivity index (χ1v) is 9.21. The van der Waals surface area contributed by atoms with Crippen molar-refractivity contribution in [2.75, 3.05) is 12.0 Å². The number of amides is 2. The number of hydrogen-bond donors (Lipinski definition) is 1. The maximum atomic E-state index is 14.1. The van der Waals surface area contributed by atoms with Gasteiger partial charge in [0.05, 0.1) is 29.4 Å². The van der Waals surface area contributed by atoms with E-state index in [4.69, 9.17) is 9.47 Å². The minimum Gasteiger partial charge on any atom is -0.455 e. The highest BCUT2D eigenvalue weighted by Crippen LogP contribution is 2.49. The van der Waals surface area contributed by atoms with Crippen LogP contribution in [0.1, 0.15) is 24.4 Å². The Hall–Kier alpha value is -2.61. The van der Waals surface area contributed by atoms with Crippen LogP contribution in [0.5, 0.6) is 11.5 Å². The molecule has 0 radical (unpaired) electrons. The predicted molar refractivity (Wildman–Crippen MR) is 99.4 cm³/mol. The van der Waals surface area contributed by atoms with Crippen molar-refractivity contribution in [3.05, 3.63) is 52.3 Å². The Morgan fingerprint density at radius 3 is 2.89 bits per heavy atom. The summed E-state index contributed by atoms with van der Waals surface area (Å²) in [5.41, 5.74) is 1.19. The average Bonchev–Trinajstić information content (AvgIpc) is 2.79. The molecule has 27 heavy (non-hydrogen) atoms. The lowest BCUT2D eigenvalue weighted by Crippen LogP contribution is -2.52. The molecule has 6 nitrogen and oxygen atoms in total. The fourth-order valence-electron chi connectivity index (χ4n) is 3.62. The second-order valence-electron chi connectivity index (χ2n) is 6.36. The number of carbonyl (C=O) groups excluding carboxylic acids is 2. The molecule has 1 N–H and O–H groups in total. The molecule has 2 aromatic carbocycles. The zero-order valence-electron chi connectivity index (χ0n) is 14.4. The van der Waals surface area contributed by atoms with Crippen molar-refractivity contribution in [1.82, 2.24) is 5.32 Å². The number of methoxy groups -OCH3 is 1. The van der Waals surface area contributed by atoms with Gasteiger partial charge in [-0.15, -0.1) is 0 Å². The average molecular weight is 435 g/mol. The van der Waals surface area contributed by atoms with E-state index in [-0.39, 0.29) is 28.6 Å². The lowest BCUT2D eigenvalue weighted by Gasteiger charge is -2.40. The molecule has 2 aliphatic heterocycles. The van der Waals surface area contributed by atoms with Crippen molar-refractivity contribution in [1.29, 1.82) is 0 Å². The number of piperidine rings is 1. The van der Waals surface area contributed by atoms with Gasteiger partial charge in [-0.3, -0.25) is 9.69 Å². The largest absolute Gasteiger partial charge is 0.455 e. The van der Waals surface area contributed by atoms with Gasteiger partial charge in [-0.2, -0.15) is 0 Å². The highest BCUT2D eigenvalue weighted by Gasteiger charge is 2.43. The Bertz CT molecular complexity index is 936. The minimum absolute atomic E-state index is 0.122. The van der Waals surface area contributed by atoms with Crippen molar-refractivity contribution in [3.8, 4) is 11.5 Å². The fraction of sp³-hybridized carbons (Fsp3) is 0.263. The van der Waals surface area contributed by atoms with Crippen molar-refractivity contribution in [3.63, 3.8) is 0 Å². The molecule has 1 fully saturated rings. The molecule has 8 heteroatoms. The third kappa shape index (κ3) is 3.03. The highest BCUT2D eigenvalue weighted by atomic mass is 79.9. The Balaban J connectivity index is 1.92. The van der Waals surface area contributed by atoms with Crippen LogP contribution in [0.3, 0.4) is 0 Å². The second kappa shape index (κ2) is 6.84. The Labute approximate surface area is 163 Å². The van der Waals surface area contributed by atoms with Gasteiger partial charge in [-0.25, -0.2) is 9.18 Å². The van der Waals surface area contributed by atoms with Crippen molar-refractivity contribution in [2.45, 2.75) is 24.9 Å². The Morgan fingerprint density at radius 2 is 2.11 bits per heavy atom. The first-order chi connectivity index (χ1) is 13.0. The summed E-state index contributed by atoms with van der Waals surface area (Å²) in [6.45, 7) is 0. The number of fused-ring (bicyclic) bond motifs is 5. The van der Waals surface area contributed by atoms with Gasteiger partial charge in [-0.1, -0.05) is 18.2 Å². The molecule has 2 amide bonds. The SMILES string of the molecule is COC(=O)N[C@@H]1CCC(=O)N2c3cc(Br)c(F)cc3Oc3ccccc3[C@@H]12. The number of nitrogens with zero attached hydrogens (tertiary/aromatic N) is 1. The zero-order chi connectivity index (χ0) is 19.1. The van der Waals surface area contributed by atoms with Crippen molar-refractivity contribution in [2.24, 2.45) is 0 Å². The van der Waals surface area contributed by atoms with Crippen molar-refractivity contribution < 1.29 is 23.5 Å². The molecular weight excluding hydrogens is 419 g/mol. The van der Waals surface area contributed by atoms with E-state index in [1.165, 1.54) is 19.2 Å². The number of anilines is 1. The van der Waals surface area contributed by atoms with Crippen LogP contribution in [0.2, 0.25) is 0 Å². The first kappa shape index (κ1) is 17.8. The second-order valence-corrected chi connectivity index (χ2v) is 7.22. The smallest absolute Gasteiger partial charge is 0.407 e. The molecule has 0 unspecified atom stereocenters. The van der Waals surface area contributed by atoms with Gasteiger partial charge in [-0.05, 0) is 34.5 Å². The van der Waals surface area contributed by atoms with Crippen LogP contribution < -0.4 is 15.0 Å². The number of halogens is 2. The molecular formula is C19H16BrFN2O4. The molecule has 1 saturated heterocycles. The summed E-state index contributed by atoms with van der Waals surface area (Å²) in [6.07, 6.45) is 0.126. The standard InChI is InChI=1S/C19H16BrFN2O4/c1-26-19(25)22-13-6-7-17(24)23-14-8-11(20)12(21)9-16(14)27-15-5-3-2-4-10(15)18(13)23/h2-5,8-9,13,18H,6-7H2,1H3,(H,22,25)/t13-,18+/m1/s1. The maximum absolute atomic E-state index is 14.1. The number of rotatable bonds is 1. The number of nitrogens with one attached hydrogen (secondary N) is 1. The number of alkyl carbamates (subject to hydrolysis) is 1. The van der Waals surface area contributed by atoms with Crippen LogP contribution in [0.15, 0.2) is 40.9 Å². The Kier molecular flexibility index (Phi) is 4.51. The molecule has 0 spiro atoms. The molecule has 0 aromatic heterocycles. The normalized spacial score (nSPS) is 20.6. The van der Waals surface area contributed by atoms with E-state index in [1.807, 2.05) is 12.1 Å². The summed E-state index contributed by atoms with van der Waals surface area (Å²) in [7, 11) is 1.29. The quantitative estimate of drug-likeness (QED) is 0.726. The lowest BCUT2D eigenvalue weighted by atomic mass is 9.89. The van der Waals surface area contributed by atoms with E-state index in [2.05, 4.69) is 21.2 Å². The van der Waals surface area contributed by atoms with Gasteiger partial charge in [0, 0.05) is 18.1 Å². The van der Waals surface area contributed by atoms with E-state index in [0.717, 1.165) is 5.56 Å². The number of hydrogen-bond acceptors (Lipinski definition) is 4. The summed E-state index contributed by atoms with van der Waals surface area (Å²) in [4.78, 5) is 26.3. The third-order valence-electron chi connectivity index (χ3n) is 4.80. The van der Waals surface area contributed by atoms with Crippen LogP contribution in [-0.2, 0) is 9.53 Å². The van der Waals surface area contributed by atoms with E-state index >= 15 is 0 Å². The monoisotopic (exact) mass is 434 g/mol. The van der Waals surface area contributed by atoms with E-state index in [0.29, 0.717) is 17.9 Å². The zero-order valence-corrected chi connectivity index (χ0v) is 16.0. The highest BCUT2D eigenvalue weighted by molar-refractivity contribution is 9.10. The molecule has 140 valence electrons. The first-order valence-electron chi connectivity index (χ1n) is 8.42. The topological polar surface area (TPSA) is 67.9 Å². The number of carbonyl (C=O) groups is 2. The molecule has 2 aliphatic rings. The molecule has 2 aromatic rings. The van der Waals surface area contributed by atoms with Gasteiger partial charge in [0.1, 0.15) is 11.6 Å². The Morgan fingerprint density at radius 1 is 1.33 bits per heavy atom. The lowest BCUT2D eigenvalue weighted by molar-refractivity contribution is -0.120. The molecule has 0 bridgehead atoms. The van der Waals surface area contributed by atoms with Crippen LogP contribution in [0.25, 0.3) is 0 Å². The third-order valence-corrected chi connectivity index (χ3v) is 5.41. The van der Waals surface area contributed by atoms with Gasteiger partial charge in [0.25, 0.3) is 0 Å².